The van der Waals surface area contributed by atoms with Gasteiger partial charge in [0.2, 0.25) is 0 Å². The Morgan fingerprint density at radius 3 is 3.00 bits per heavy atom. The topological polar surface area (TPSA) is 53.6 Å². The number of nitrogens with one attached hydrogen (secondary N) is 1. The Morgan fingerprint density at radius 1 is 1.75 bits per heavy atom. The molecule has 2 unspecified atom stereocenters. The van der Waals surface area contributed by atoms with Gasteiger partial charge >= 0.3 is 5.38 Å². The van der Waals surface area contributed by atoms with E-state index in [9.17, 15) is 8.78 Å². The van der Waals surface area contributed by atoms with Crippen molar-refractivity contribution in [3.05, 3.63) is 11.8 Å². The molecule has 0 amide bonds. The van der Waals surface area contributed by atoms with Crippen LogP contribution in [0.25, 0.3) is 0 Å². The Bertz CT molecular complexity index is 445. The molecule has 0 saturated carbocycles. The minimum Gasteiger partial charge on any atom is -0.367 e. The number of nitriles is 1. The Hall–Kier alpha value is -1.35. The highest BCUT2D eigenvalue weighted by Crippen LogP contribution is 2.41. The van der Waals surface area contributed by atoms with Crippen LogP contribution in [0.3, 0.4) is 0 Å². The van der Waals surface area contributed by atoms with E-state index in [0.717, 1.165) is 4.68 Å². The van der Waals surface area contributed by atoms with Gasteiger partial charge in [0.15, 0.2) is 0 Å². The molecule has 0 aromatic carbocycles. The van der Waals surface area contributed by atoms with Crippen molar-refractivity contribution in [1.29, 1.82) is 5.26 Å². The third kappa shape index (κ3) is 1.71. The van der Waals surface area contributed by atoms with Crippen molar-refractivity contribution in [1.82, 2.24) is 9.78 Å². The summed E-state index contributed by atoms with van der Waals surface area (Å²) in [5.74, 6) is 0.312. The first-order chi connectivity index (χ1) is 7.43. The van der Waals surface area contributed by atoms with Gasteiger partial charge in [-0.05, 0) is 24.9 Å². The first-order valence-electron chi connectivity index (χ1n) is 4.74. The molecule has 0 aliphatic carbocycles. The number of hydrogen-bond donors (Lipinski definition) is 1. The Kier molecular flexibility index (Phi) is 2.50. The molecule has 1 aliphatic heterocycles. The van der Waals surface area contributed by atoms with E-state index >= 15 is 0 Å². The quantitative estimate of drug-likeness (QED) is 0.774. The van der Waals surface area contributed by atoms with Gasteiger partial charge in [-0.2, -0.15) is 19.1 Å². The summed E-state index contributed by atoms with van der Waals surface area (Å²) in [5.41, 5.74) is 0.248. The maximum atomic E-state index is 13.2. The standard InChI is InChI=1S/C9H9ClF2N4/c1-5-2-7(9(10,11)12)16-8(15-5)6(3-13)4-14-16/h4-5,7,15H,2H2,1H3. The molecule has 7 heteroatoms. The molecule has 2 atom stereocenters. The van der Waals surface area contributed by atoms with Crippen molar-refractivity contribution in [3.8, 4) is 6.07 Å². The minimum atomic E-state index is -3.37. The molecular formula is C9H9ClF2N4. The average Bonchev–Trinajstić information content (AvgIpc) is 2.57. The average molecular weight is 247 g/mol. The molecule has 0 spiro atoms. The smallest absolute Gasteiger partial charge is 0.343 e. The summed E-state index contributed by atoms with van der Waals surface area (Å²) in [6, 6.07) is 0.499. The number of fused-ring (bicyclic) bond motifs is 1. The molecule has 2 heterocycles. The van der Waals surface area contributed by atoms with Crippen molar-refractivity contribution in [2.24, 2.45) is 0 Å². The summed E-state index contributed by atoms with van der Waals surface area (Å²) >= 11 is 5.05. The van der Waals surface area contributed by atoms with Gasteiger partial charge in [0.25, 0.3) is 0 Å². The first kappa shape index (κ1) is 11.1. The maximum Gasteiger partial charge on any atom is 0.343 e. The van der Waals surface area contributed by atoms with E-state index in [2.05, 4.69) is 10.4 Å². The lowest BCUT2D eigenvalue weighted by Crippen LogP contribution is -2.37. The Labute approximate surface area is 95.8 Å². The zero-order valence-electron chi connectivity index (χ0n) is 8.41. The molecule has 1 aromatic rings. The van der Waals surface area contributed by atoms with Gasteiger partial charge in [0.1, 0.15) is 23.5 Å². The van der Waals surface area contributed by atoms with Gasteiger partial charge in [-0.1, -0.05) is 0 Å². The van der Waals surface area contributed by atoms with Crippen LogP contribution in [-0.4, -0.2) is 21.2 Å². The molecular weight excluding hydrogens is 238 g/mol. The fraction of sp³-hybridized carbons (Fsp3) is 0.556. The van der Waals surface area contributed by atoms with Gasteiger partial charge in [-0.25, -0.2) is 4.68 Å². The number of alkyl halides is 3. The predicted molar refractivity (Wildman–Crippen MR) is 54.5 cm³/mol. The van der Waals surface area contributed by atoms with Crippen molar-refractivity contribution in [2.75, 3.05) is 5.32 Å². The zero-order chi connectivity index (χ0) is 11.9. The molecule has 0 fully saturated rings. The fourth-order valence-corrected chi connectivity index (χ4v) is 2.01. The van der Waals surface area contributed by atoms with Gasteiger partial charge in [0, 0.05) is 6.04 Å². The molecule has 86 valence electrons. The third-order valence-electron chi connectivity index (χ3n) is 2.55. The largest absolute Gasteiger partial charge is 0.367 e. The highest BCUT2D eigenvalue weighted by atomic mass is 35.5. The number of anilines is 1. The SMILES string of the molecule is CC1CC(C(F)(F)Cl)n2ncc(C#N)c2N1. The molecule has 0 radical (unpaired) electrons. The highest BCUT2D eigenvalue weighted by molar-refractivity contribution is 6.22. The minimum absolute atomic E-state index is 0.163. The molecule has 1 N–H and O–H groups in total. The molecule has 2 rings (SSSR count). The fourth-order valence-electron chi connectivity index (χ4n) is 1.82. The van der Waals surface area contributed by atoms with Crippen molar-refractivity contribution >= 4 is 17.4 Å². The van der Waals surface area contributed by atoms with Crippen LogP contribution in [0.15, 0.2) is 6.20 Å². The summed E-state index contributed by atoms with van der Waals surface area (Å²) in [7, 11) is 0. The van der Waals surface area contributed by atoms with Gasteiger partial charge in [-0.15, -0.1) is 0 Å². The number of nitrogens with zero attached hydrogens (tertiary/aromatic N) is 3. The zero-order valence-corrected chi connectivity index (χ0v) is 9.17. The lowest BCUT2D eigenvalue weighted by molar-refractivity contribution is 0.0214. The van der Waals surface area contributed by atoms with Crippen LogP contribution in [0.2, 0.25) is 0 Å². The number of halogens is 3. The summed E-state index contributed by atoms with van der Waals surface area (Å²) < 4.78 is 27.4. The monoisotopic (exact) mass is 246 g/mol. The summed E-state index contributed by atoms with van der Waals surface area (Å²) in [6.45, 7) is 1.76. The van der Waals surface area contributed by atoms with E-state index in [4.69, 9.17) is 16.9 Å². The van der Waals surface area contributed by atoms with E-state index < -0.39 is 11.4 Å². The van der Waals surface area contributed by atoms with Crippen molar-refractivity contribution < 1.29 is 8.78 Å². The van der Waals surface area contributed by atoms with E-state index in [1.807, 2.05) is 6.07 Å². The number of hydrogen-bond acceptors (Lipinski definition) is 3. The van der Waals surface area contributed by atoms with Crippen LogP contribution in [0.1, 0.15) is 24.9 Å². The van der Waals surface area contributed by atoms with E-state index in [-0.39, 0.29) is 18.0 Å². The predicted octanol–water partition coefficient (Wildman–Crippen LogP) is 2.33. The summed E-state index contributed by atoms with van der Waals surface area (Å²) in [5, 5.41) is 12.1. The van der Waals surface area contributed by atoms with Crippen LogP contribution in [0.4, 0.5) is 14.6 Å². The van der Waals surface area contributed by atoms with Gasteiger partial charge in [0.05, 0.1) is 6.20 Å². The maximum absolute atomic E-state index is 13.2. The van der Waals surface area contributed by atoms with Crippen LogP contribution in [-0.2, 0) is 0 Å². The van der Waals surface area contributed by atoms with E-state index in [0.29, 0.717) is 5.82 Å². The van der Waals surface area contributed by atoms with Crippen LogP contribution in [0, 0.1) is 11.3 Å². The first-order valence-corrected chi connectivity index (χ1v) is 5.12. The Balaban J connectivity index is 2.48. The molecule has 0 saturated heterocycles. The lowest BCUT2D eigenvalue weighted by Gasteiger charge is -2.32. The normalized spacial score (nSPS) is 24.4. The number of aromatic nitrogens is 2. The van der Waals surface area contributed by atoms with Crippen LogP contribution in [0.5, 0.6) is 0 Å². The van der Waals surface area contributed by atoms with Gasteiger partial charge in [-0.3, -0.25) is 0 Å². The second-order valence-corrected chi connectivity index (χ2v) is 4.31. The van der Waals surface area contributed by atoms with Crippen LogP contribution >= 0.6 is 11.6 Å². The van der Waals surface area contributed by atoms with E-state index in [1.165, 1.54) is 6.20 Å². The van der Waals surface area contributed by atoms with Gasteiger partial charge < -0.3 is 5.32 Å². The highest BCUT2D eigenvalue weighted by Gasteiger charge is 2.43. The number of rotatable bonds is 1. The van der Waals surface area contributed by atoms with Crippen molar-refractivity contribution in [3.63, 3.8) is 0 Å². The van der Waals surface area contributed by atoms with Crippen molar-refractivity contribution in [2.45, 2.75) is 30.8 Å². The Morgan fingerprint density at radius 2 is 2.44 bits per heavy atom. The molecule has 0 bridgehead atoms. The molecule has 1 aliphatic rings. The molecule has 1 aromatic heterocycles. The second-order valence-electron chi connectivity index (χ2n) is 3.80. The third-order valence-corrected chi connectivity index (χ3v) is 2.80. The summed E-state index contributed by atoms with van der Waals surface area (Å²) in [4.78, 5) is 0. The lowest BCUT2D eigenvalue weighted by atomic mass is 10.1. The summed E-state index contributed by atoms with van der Waals surface area (Å²) in [6.07, 6.45) is 1.42. The molecule has 16 heavy (non-hydrogen) atoms. The van der Waals surface area contributed by atoms with Crippen LogP contribution < -0.4 is 5.32 Å². The molecule has 4 nitrogen and oxygen atoms in total. The second kappa shape index (κ2) is 3.59. The van der Waals surface area contributed by atoms with E-state index in [1.54, 1.807) is 6.92 Å².